The third-order valence-corrected chi connectivity index (χ3v) is 6.28. The molecule has 1 aromatic rings. The van der Waals surface area contributed by atoms with Gasteiger partial charge in [-0.25, -0.2) is 13.1 Å². The summed E-state index contributed by atoms with van der Waals surface area (Å²) in [6, 6.07) is 2.58. The van der Waals surface area contributed by atoms with Crippen molar-refractivity contribution in [2.24, 2.45) is 5.92 Å². The molecule has 1 aromatic heterocycles. The third kappa shape index (κ3) is 4.72. The number of sulfonamides is 1. The lowest BCUT2D eigenvalue weighted by atomic mass is 9.93. The highest BCUT2D eigenvalue weighted by atomic mass is 35.5. The molecular formula is C12H20ClNO3S2. The van der Waals surface area contributed by atoms with E-state index in [1.807, 2.05) is 13.8 Å². The molecule has 0 aliphatic carbocycles. The van der Waals surface area contributed by atoms with E-state index in [1.165, 1.54) is 6.07 Å². The number of aliphatic hydroxyl groups excluding tert-OH is 1. The standard InChI is InChI=1S/C12H20ClNO3S2/c1-3-5-9(4-2)10(8-15)14-19(16,17)12-7-6-11(13)18-12/h6-7,9-10,14-15H,3-5,8H2,1-2H3/t9-,10+/m0/s1. The van der Waals surface area contributed by atoms with Crippen LogP contribution in [0.3, 0.4) is 0 Å². The van der Waals surface area contributed by atoms with Gasteiger partial charge in [-0.2, -0.15) is 0 Å². The molecule has 0 saturated carbocycles. The number of aliphatic hydroxyl groups is 1. The van der Waals surface area contributed by atoms with E-state index in [1.54, 1.807) is 6.07 Å². The minimum absolute atomic E-state index is 0.139. The van der Waals surface area contributed by atoms with Gasteiger partial charge in [-0.05, 0) is 24.5 Å². The van der Waals surface area contributed by atoms with Gasteiger partial charge in [0.25, 0.3) is 0 Å². The fraction of sp³-hybridized carbons (Fsp3) is 0.667. The number of rotatable bonds is 8. The summed E-state index contributed by atoms with van der Waals surface area (Å²) < 4.78 is 27.5. The van der Waals surface area contributed by atoms with E-state index in [9.17, 15) is 13.5 Å². The molecule has 1 heterocycles. The Bertz CT molecular complexity index is 487. The van der Waals surface area contributed by atoms with Crippen molar-refractivity contribution in [1.29, 1.82) is 0 Å². The molecule has 0 aliphatic rings. The Morgan fingerprint density at radius 2 is 2.11 bits per heavy atom. The van der Waals surface area contributed by atoms with Gasteiger partial charge < -0.3 is 5.11 Å². The van der Waals surface area contributed by atoms with Crippen molar-refractivity contribution in [2.45, 2.75) is 43.4 Å². The predicted molar refractivity (Wildman–Crippen MR) is 79.2 cm³/mol. The van der Waals surface area contributed by atoms with Gasteiger partial charge in [0.05, 0.1) is 10.9 Å². The van der Waals surface area contributed by atoms with Crippen molar-refractivity contribution in [2.75, 3.05) is 6.61 Å². The highest BCUT2D eigenvalue weighted by Gasteiger charge is 2.26. The maximum Gasteiger partial charge on any atom is 0.250 e. The molecule has 0 unspecified atom stereocenters. The first-order valence-electron chi connectivity index (χ1n) is 6.33. The van der Waals surface area contributed by atoms with Gasteiger partial charge in [-0.1, -0.05) is 38.3 Å². The number of nitrogens with one attached hydrogen (secondary N) is 1. The van der Waals surface area contributed by atoms with Crippen molar-refractivity contribution in [3.8, 4) is 0 Å². The van der Waals surface area contributed by atoms with Crippen molar-refractivity contribution < 1.29 is 13.5 Å². The van der Waals surface area contributed by atoms with E-state index in [0.29, 0.717) is 4.34 Å². The smallest absolute Gasteiger partial charge is 0.250 e. The highest BCUT2D eigenvalue weighted by Crippen LogP contribution is 2.26. The monoisotopic (exact) mass is 325 g/mol. The zero-order valence-electron chi connectivity index (χ0n) is 11.1. The molecule has 0 radical (unpaired) electrons. The van der Waals surface area contributed by atoms with Gasteiger partial charge in [0, 0.05) is 6.04 Å². The molecule has 110 valence electrons. The lowest BCUT2D eigenvalue weighted by Gasteiger charge is -2.24. The van der Waals surface area contributed by atoms with Crippen molar-refractivity contribution in [1.82, 2.24) is 4.72 Å². The Morgan fingerprint density at radius 1 is 1.42 bits per heavy atom. The number of halogens is 1. The van der Waals surface area contributed by atoms with E-state index in [0.717, 1.165) is 30.6 Å². The van der Waals surface area contributed by atoms with Crippen LogP contribution in [0.1, 0.15) is 33.1 Å². The molecule has 0 bridgehead atoms. The predicted octanol–water partition coefficient (Wildman–Crippen LogP) is 2.87. The van der Waals surface area contributed by atoms with E-state index in [2.05, 4.69) is 4.72 Å². The molecule has 0 spiro atoms. The van der Waals surface area contributed by atoms with Gasteiger partial charge in [-0.3, -0.25) is 0 Å². The topological polar surface area (TPSA) is 66.4 Å². The average Bonchev–Trinajstić information content (AvgIpc) is 2.81. The molecule has 0 saturated heterocycles. The maximum absolute atomic E-state index is 12.2. The first-order valence-corrected chi connectivity index (χ1v) is 9.00. The van der Waals surface area contributed by atoms with Crippen LogP contribution < -0.4 is 4.72 Å². The second kappa shape index (κ2) is 7.59. The van der Waals surface area contributed by atoms with Gasteiger partial charge >= 0.3 is 0 Å². The van der Waals surface area contributed by atoms with Gasteiger partial charge in [0.1, 0.15) is 4.21 Å². The zero-order valence-corrected chi connectivity index (χ0v) is 13.5. The van der Waals surface area contributed by atoms with Crippen LogP contribution in [-0.4, -0.2) is 26.2 Å². The van der Waals surface area contributed by atoms with Crippen LogP contribution in [-0.2, 0) is 10.0 Å². The van der Waals surface area contributed by atoms with Crippen molar-refractivity contribution in [3.05, 3.63) is 16.5 Å². The Kier molecular flexibility index (Phi) is 6.76. The zero-order chi connectivity index (χ0) is 14.5. The van der Waals surface area contributed by atoms with Gasteiger partial charge in [0.2, 0.25) is 10.0 Å². The molecule has 2 N–H and O–H groups in total. The van der Waals surface area contributed by atoms with Crippen LogP contribution in [0.5, 0.6) is 0 Å². The van der Waals surface area contributed by atoms with E-state index < -0.39 is 16.1 Å². The summed E-state index contributed by atoms with van der Waals surface area (Å²) in [5, 5.41) is 9.42. The minimum Gasteiger partial charge on any atom is -0.395 e. The number of hydrogen-bond acceptors (Lipinski definition) is 4. The van der Waals surface area contributed by atoms with Crippen LogP contribution in [0.2, 0.25) is 4.34 Å². The fourth-order valence-corrected chi connectivity index (χ4v) is 4.84. The Balaban J connectivity index is 2.85. The molecule has 19 heavy (non-hydrogen) atoms. The van der Waals surface area contributed by atoms with Crippen LogP contribution >= 0.6 is 22.9 Å². The largest absolute Gasteiger partial charge is 0.395 e. The maximum atomic E-state index is 12.2. The van der Waals surface area contributed by atoms with Crippen LogP contribution in [0.15, 0.2) is 16.3 Å². The Labute approximate surface area is 123 Å². The Hall–Kier alpha value is -0.140. The summed E-state index contributed by atoms with van der Waals surface area (Å²) in [6.07, 6.45) is 2.67. The van der Waals surface area contributed by atoms with Gasteiger partial charge in [0.15, 0.2) is 0 Å². The second-order valence-corrected chi connectivity index (χ2v) is 8.08. The summed E-state index contributed by atoms with van der Waals surface area (Å²) in [5.74, 6) is 0.139. The van der Waals surface area contributed by atoms with Crippen molar-refractivity contribution >= 4 is 33.0 Å². The van der Waals surface area contributed by atoms with Crippen LogP contribution in [0.4, 0.5) is 0 Å². The minimum atomic E-state index is -3.60. The fourth-order valence-electron chi connectivity index (χ4n) is 2.04. The van der Waals surface area contributed by atoms with E-state index in [-0.39, 0.29) is 16.7 Å². The average molecular weight is 326 g/mol. The molecule has 0 amide bonds. The molecular weight excluding hydrogens is 306 g/mol. The molecule has 1 rings (SSSR count). The van der Waals surface area contributed by atoms with E-state index in [4.69, 9.17) is 11.6 Å². The second-order valence-electron chi connectivity index (χ2n) is 4.43. The number of hydrogen-bond donors (Lipinski definition) is 2. The third-order valence-electron chi connectivity index (χ3n) is 3.07. The van der Waals surface area contributed by atoms with E-state index >= 15 is 0 Å². The molecule has 7 heteroatoms. The number of thiophene rings is 1. The first-order chi connectivity index (χ1) is 8.94. The summed E-state index contributed by atoms with van der Waals surface area (Å²) in [4.78, 5) is 0. The first kappa shape index (κ1) is 16.9. The van der Waals surface area contributed by atoms with Crippen LogP contribution in [0, 0.1) is 5.92 Å². The summed E-state index contributed by atoms with van der Waals surface area (Å²) in [7, 11) is -3.60. The summed E-state index contributed by atoms with van der Waals surface area (Å²) in [6.45, 7) is 3.85. The Morgan fingerprint density at radius 3 is 2.53 bits per heavy atom. The molecule has 0 aliphatic heterocycles. The van der Waals surface area contributed by atoms with Crippen LogP contribution in [0.25, 0.3) is 0 Å². The molecule has 0 aromatic carbocycles. The SMILES string of the molecule is CCC[C@H](CC)[C@@H](CO)NS(=O)(=O)c1ccc(Cl)s1. The quantitative estimate of drug-likeness (QED) is 0.772. The lowest BCUT2D eigenvalue weighted by molar-refractivity contribution is 0.205. The lowest BCUT2D eigenvalue weighted by Crippen LogP contribution is -2.42. The molecule has 2 atom stereocenters. The normalized spacial score (nSPS) is 15.4. The molecule has 0 fully saturated rings. The highest BCUT2D eigenvalue weighted by molar-refractivity contribution is 7.91. The summed E-state index contributed by atoms with van der Waals surface area (Å²) in [5.41, 5.74) is 0. The summed E-state index contributed by atoms with van der Waals surface area (Å²) >= 11 is 6.77. The molecule has 4 nitrogen and oxygen atoms in total. The van der Waals surface area contributed by atoms with Gasteiger partial charge in [-0.15, -0.1) is 11.3 Å². The van der Waals surface area contributed by atoms with Crippen molar-refractivity contribution in [3.63, 3.8) is 0 Å².